The van der Waals surface area contributed by atoms with Gasteiger partial charge in [0.05, 0.1) is 6.61 Å². The Labute approximate surface area is 146 Å². The quantitative estimate of drug-likeness (QED) is 0.525. The van der Waals surface area contributed by atoms with E-state index >= 15 is 0 Å². The lowest BCUT2D eigenvalue weighted by atomic mass is 10.1. The van der Waals surface area contributed by atoms with E-state index in [1.54, 1.807) is 25.1 Å². The van der Waals surface area contributed by atoms with E-state index in [9.17, 15) is 14.9 Å². The van der Waals surface area contributed by atoms with Crippen molar-refractivity contribution >= 4 is 18.0 Å². The van der Waals surface area contributed by atoms with Crippen molar-refractivity contribution in [1.29, 1.82) is 5.26 Å². The number of rotatable bonds is 9. The number of aliphatic carboxylic acids is 1. The SMILES string of the molecule is CCOc1cc(/C=C(\C#N)C(=O)N[C@@H](C)CC)ccc1OCC(=O)O. The second kappa shape index (κ2) is 9.98. The van der Waals surface area contributed by atoms with Gasteiger partial charge in [-0.15, -0.1) is 0 Å². The number of nitrogens with zero attached hydrogens (tertiary/aromatic N) is 1. The van der Waals surface area contributed by atoms with Gasteiger partial charge in [0, 0.05) is 6.04 Å². The van der Waals surface area contributed by atoms with Crippen LogP contribution in [0.2, 0.25) is 0 Å². The average Bonchev–Trinajstić information content (AvgIpc) is 2.58. The van der Waals surface area contributed by atoms with Gasteiger partial charge in [-0.05, 0) is 44.0 Å². The number of carboxylic acid groups (broad SMARTS) is 1. The van der Waals surface area contributed by atoms with Crippen molar-refractivity contribution < 1.29 is 24.2 Å². The summed E-state index contributed by atoms with van der Waals surface area (Å²) in [7, 11) is 0. The van der Waals surface area contributed by atoms with Gasteiger partial charge in [-0.2, -0.15) is 5.26 Å². The van der Waals surface area contributed by atoms with Gasteiger partial charge in [-0.1, -0.05) is 13.0 Å². The van der Waals surface area contributed by atoms with Crippen molar-refractivity contribution in [2.75, 3.05) is 13.2 Å². The van der Waals surface area contributed by atoms with E-state index in [-0.39, 0.29) is 17.4 Å². The van der Waals surface area contributed by atoms with Crippen LogP contribution in [0.1, 0.15) is 32.8 Å². The maximum atomic E-state index is 12.1. The molecule has 0 fully saturated rings. The van der Waals surface area contributed by atoms with Crippen LogP contribution in [0.15, 0.2) is 23.8 Å². The highest BCUT2D eigenvalue weighted by Crippen LogP contribution is 2.29. The number of benzene rings is 1. The minimum absolute atomic E-state index is 0.0260. The van der Waals surface area contributed by atoms with Gasteiger partial charge in [-0.25, -0.2) is 4.79 Å². The summed E-state index contributed by atoms with van der Waals surface area (Å²) in [5, 5.41) is 20.6. The van der Waals surface area contributed by atoms with Crippen LogP contribution in [0.3, 0.4) is 0 Å². The lowest BCUT2D eigenvalue weighted by molar-refractivity contribution is -0.139. The highest BCUT2D eigenvalue weighted by Gasteiger charge is 2.13. The van der Waals surface area contributed by atoms with Crippen molar-refractivity contribution in [2.45, 2.75) is 33.2 Å². The maximum absolute atomic E-state index is 12.1. The third-order valence-corrected chi connectivity index (χ3v) is 3.28. The fourth-order valence-corrected chi connectivity index (χ4v) is 1.86. The predicted molar refractivity (Wildman–Crippen MR) is 92.2 cm³/mol. The molecule has 7 nitrogen and oxygen atoms in total. The van der Waals surface area contributed by atoms with Crippen molar-refractivity contribution in [1.82, 2.24) is 5.32 Å². The molecule has 0 spiro atoms. The topological polar surface area (TPSA) is 109 Å². The molecule has 7 heteroatoms. The molecule has 2 N–H and O–H groups in total. The molecule has 1 atom stereocenters. The molecule has 134 valence electrons. The maximum Gasteiger partial charge on any atom is 0.341 e. The van der Waals surface area contributed by atoms with E-state index in [2.05, 4.69) is 5.32 Å². The standard InChI is InChI=1S/C18H22N2O5/c1-4-12(3)20-18(23)14(10-19)8-13-6-7-15(25-11-17(21)22)16(9-13)24-5-2/h6-9,12H,4-5,11H2,1-3H3,(H,20,23)(H,21,22)/b14-8+/t12-/m0/s1. The number of nitrogens with one attached hydrogen (secondary N) is 1. The molecule has 1 aromatic carbocycles. The first-order valence-corrected chi connectivity index (χ1v) is 7.95. The molecule has 1 aromatic rings. The van der Waals surface area contributed by atoms with Crippen LogP contribution in [0.5, 0.6) is 11.5 Å². The van der Waals surface area contributed by atoms with E-state index in [1.807, 2.05) is 19.9 Å². The highest BCUT2D eigenvalue weighted by atomic mass is 16.5. The van der Waals surface area contributed by atoms with Crippen LogP contribution in [-0.4, -0.2) is 36.2 Å². The third-order valence-electron chi connectivity index (χ3n) is 3.28. The number of hydrogen-bond donors (Lipinski definition) is 2. The molecular weight excluding hydrogens is 324 g/mol. The van der Waals surface area contributed by atoms with Gasteiger partial charge >= 0.3 is 5.97 Å². The van der Waals surface area contributed by atoms with Crippen molar-refractivity contribution in [2.24, 2.45) is 0 Å². The number of nitriles is 1. The van der Waals surface area contributed by atoms with E-state index in [0.29, 0.717) is 17.9 Å². The Bertz CT molecular complexity index is 691. The first kappa shape index (κ1) is 20.0. The summed E-state index contributed by atoms with van der Waals surface area (Å²) in [6, 6.07) is 6.61. The van der Waals surface area contributed by atoms with Gasteiger partial charge in [-0.3, -0.25) is 4.79 Å². The Hall–Kier alpha value is -3.01. The van der Waals surface area contributed by atoms with Crippen molar-refractivity contribution in [3.8, 4) is 17.6 Å². The summed E-state index contributed by atoms with van der Waals surface area (Å²) >= 11 is 0. The molecule has 25 heavy (non-hydrogen) atoms. The Morgan fingerprint density at radius 3 is 2.60 bits per heavy atom. The summed E-state index contributed by atoms with van der Waals surface area (Å²) in [6.07, 6.45) is 2.20. The minimum atomic E-state index is -1.10. The molecule has 1 rings (SSSR count). The molecule has 0 heterocycles. The van der Waals surface area contributed by atoms with E-state index in [1.165, 1.54) is 6.08 Å². The van der Waals surface area contributed by atoms with Crippen LogP contribution in [0, 0.1) is 11.3 Å². The number of carbonyl (C=O) groups excluding carboxylic acids is 1. The Morgan fingerprint density at radius 2 is 2.04 bits per heavy atom. The number of carbonyl (C=O) groups is 2. The zero-order chi connectivity index (χ0) is 18.8. The van der Waals surface area contributed by atoms with Crippen LogP contribution in [0.4, 0.5) is 0 Å². The Morgan fingerprint density at radius 1 is 1.32 bits per heavy atom. The molecule has 0 bridgehead atoms. The van der Waals surface area contributed by atoms with Crippen molar-refractivity contribution in [3.05, 3.63) is 29.3 Å². The normalized spacial score (nSPS) is 12.0. The summed E-state index contributed by atoms with van der Waals surface area (Å²) in [4.78, 5) is 22.7. The highest BCUT2D eigenvalue weighted by molar-refractivity contribution is 6.01. The fraction of sp³-hybridized carbons (Fsp3) is 0.389. The Kier molecular flexibility index (Phi) is 8.00. The number of ether oxygens (including phenoxy) is 2. The van der Waals surface area contributed by atoms with E-state index < -0.39 is 18.5 Å². The second-order valence-corrected chi connectivity index (χ2v) is 5.27. The van der Waals surface area contributed by atoms with Gasteiger partial charge in [0.25, 0.3) is 5.91 Å². The number of hydrogen-bond acceptors (Lipinski definition) is 5. The zero-order valence-corrected chi connectivity index (χ0v) is 14.5. The van der Waals surface area contributed by atoms with Crippen molar-refractivity contribution in [3.63, 3.8) is 0 Å². The van der Waals surface area contributed by atoms with Gasteiger partial charge in [0.15, 0.2) is 18.1 Å². The second-order valence-electron chi connectivity index (χ2n) is 5.27. The minimum Gasteiger partial charge on any atom is -0.490 e. The molecular formula is C18H22N2O5. The zero-order valence-electron chi connectivity index (χ0n) is 14.5. The molecule has 0 saturated heterocycles. The summed E-state index contributed by atoms with van der Waals surface area (Å²) in [5.41, 5.74) is 0.545. The van der Waals surface area contributed by atoms with E-state index in [4.69, 9.17) is 14.6 Å². The smallest absolute Gasteiger partial charge is 0.341 e. The molecule has 0 aliphatic rings. The summed E-state index contributed by atoms with van der Waals surface area (Å²) in [5.74, 6) is -0.915. The Balaban J connectivity index is 3.06. The predicted octanol–water partition coefficient (Wildman–Crippen LogP) is 2.37. The molecule has 0 aromatic heterocycles. The summed E-state index contributed by atoms with van der Waals surface area (Å²) in [6.45, 7) is 5.44. The van der Waals surface area contributed by atoms with Crippen LogP contribution < -0.4 is 14.8 Å². The number of amides is 1. The lowest BCUT2D eigenvalue weighted by Gasteiger charge is -2.12. The molecule has 0 aliphatic carbocycles. The molecule has 1 amide bonds. The van der Waals surface area contributed by atoms with Crippen LogP contribution in [0.25, 0.3) is 6.08 Å². The summed E-state index contributed by atoms with van der Waals surface area (Å²) < 4.78 is 10.6. The average molecular weight is 346 g/mol. The molecule has 0 saturated carbocycles. The fourth-order valence-electron chi connectivity index (χ4n) is 1.86. The first-order valence-electron chi connectivity index (χ1n) is 7.95. The van der Waals surface area contributed by atoms with E-state index in [0.717, 1.165) is 6.42 Å². The molecule has 0 unspecified atom stereocenters. The number of carboxylic acids is 1. The third kappa shape index (κ3) is 6.55. The monoisotopic (exact) mass is 346 g/mol. The van der Waals surface area contributed by atoms with Gasteiger partial charge in [0.2, 0.25) is 0 Å². The largest absolute Gasteiger partial charge is 0.490 e. The first-order chi connectivity index (χ1) is 11.9. The van der Waals surface area contributed by atoms with Crippen LogP contribution in [-0.2, 0) is 9.59 Å². The van der Waals surface area contributed by atoms with Gasteiger partial charge < -0.3 is 19.9 Å². The van der Waals surface area contributed by atoms with Gasteiger partial charge in [0.1, 0.15) is 11.6 Å². The molecule has 0 aliphatic heterocycles. The lowest BCUT2D eigenvalue weighted by Crippen LogP contribution is -2.32. The molecule has 0 radical (unpaired) electrons. The van der Waals surface area contributed by atoms with Crippen LogP contribution >= 0.6 is 0 Å².